The molecule has 1 amide bonds. The van der Waals surface area contributed by atoms with Gasteiger partial charge in [-0.15, -0.1) is 4.36 Å². The SMILES string of the molecule is COC(=O)c1ccc(S(C)(=O)=NC(=O)OCc2ccccc2)cc1. The molecule has 6 nitrogen and oxygen atoms in total. The first-order valence-corrected chi connectivity index (χ1v) is 8.96. The Balaban J connectivity index is 2.10. The van der Waals surface area contributed by atoms with Crippen molar-refractivity contribution in [3.05, 3.63) is 65.7 Å². The van der Waals surface area contributed by atoms with Gasteiger partial charge in [-0.1, -0.05) is 30.3 Å². The minimum Gasteiger partial charge on any atom is -0.465 e. The topological polar surface area (TPSA) is 82.0 Å². The zero-order chi connectivity index (χ0) is 17.6. The number of ether oxygens (including phenoxy) is 2. The summed E-state index contributed by atoms with van der Waals surface area (Å²) in [7, 11) is -1.69. The summed E-state index contributed by atoms with van der Waals surface area (Å²) in [6.45, 7) is 0.0555. The zero-order valence-electron chi connectivity index (χ0n) is 13.3. The van der Waals surface area contributed by atoms with Crippen LogP contribution in [0.25, 0.3) is 0 Å². The summed E-state index contributed by atoms with van der Waals surface area (Å²) in [5, 5.41) is 0. The molecule has 7 heteroatoms. The summed E-state index contributed by atoms with van der Waals surface area (Å²) in [6, 6.07) is 15.0. The van der Waals surface area contributed by atoms with Gasteiger partial charge in [-0.3, -0.25) is 0 Å². The first kappa shape index (κ1) is 17.7. The lowest BCUT2D eigenvalue weighted by Crippen LogP contribution is -2.06. The predicted molar refractivity (Wildman–Crippen MR) is 89.2 cm³/mol. The highest BCUT2D eigenvalue weighted by molar-refractivity contribution is 7.93. The number of carbonyl (C=O) groups is 2. The third-order valence-electron chi connectivity index (χ3n) is 3.17. The number of rotatable bonds is 4. The summed E-state index contributed by atoms with van der Waals surface area (Å²) < 4.78 is 25.8. The molecule has 2 rings (SSSR count). The van der Waals surface area contributed by atoms with E-state index in [0.717, 1.165) is 5.56 Å². The van der Waals surface area contributed by atoms with E-state index < -0.39 is 21.8 Å². The molecule has 24 heavy (non-hydrogen) atoms. The maximum Gasteiger partial charge on any atom is 0.442 e. The number of nitrogens with zero attached hydrogens (tertiary/aromatic N) is 1. The van der Waals surface area contributed by atoms with Crippen LogP contribution in [0.5, 0.6) is 0 Å². The fourth-order valence-corrected chi connectivity index (χ4v) is 2.99. The van der Waals surface area contributed by atoms with Gasteiger partial charge in [0.15, 0.2) is 0 Å². The molecule has 0 aliphatic rings. The molecule has 0 saturated heterocycles. The van der Waals surface area contributed by atoms with Gasteiger partial charge in [-0.05, 0) is 29.8 Å². The van der Waals surface area contributed by atoms with Gasteiger partial charge in [0.1, 0.15) is 6.61 Å². The van der Waals surface area contributed by atoms with E-state index in [1.165, 1.54) is 37.6 Å². The van der Waals surface area contributed by atoms with Crippen LogP contribution in [0.3, 0.4) is 0 Å². The zero-order valence-corrected chi connectivity index (χ0v) is 14.1. The molecular formula is C17H17NO5S. The van der Waals surface area contributed by atoms with E-state index in [4.69, 9.17) is 4.74 Å². The van der Waals surface area contributed by atoms with Gasteiger partial charge >= 0.3 is 12.1 Å². The highest BCUT2D eigenvalue weighted by atomic mass is 32.2. The Bertz CT molecular complexity index is 837. The second kappa shape index (κ2) is 7.74. The number of esters is 1. The molecular weight excluding hydrogens is 330 g/mol. The Morgan fingerprint density at radius 3 is 2.25 bits per heavy atom. The quantitative estimate of drug-likeness (QED) is 0.793. The summed E-state index contributed by atoms with van der Waals surface area (Å²) in [4.78, 5) is 23.5. The van der Waals surface area contributed by atoms with Gasteiger partial charge in [0, 0.05) is 11.2 Å². The summed E-state index contributed by atoms with van der Waals surface area (Å²) >= 11 is 0. The van der Waals surface area contributed by atoms with Gasteiger partial charge in [0.25, 0.3) is 0 Å². The standard InChI is InChI=1S/C17H17NO5S/c1-22-16(19)14-8-10-15(11-9-14)24(2,21)18-17(20)23-12-13-6-4-3-5-7-13/h3-11H,12H2,1-2H3. The predicted octanol–water partition coefficient (Wildman–Crippen LogP) is 3.27. The minimum absolute atomic E-state index is 0.0555. The molecule has 0 N–H and O–H groups in total. The molecule has 0 heterocycles. The van der Waals surface area contributed by atoms with Crippen molar-refractivity contribution in [1.29, 1.82) is 0 Å². The fourth-order valence-electron chi connectivity index (χ4n) is 1.90. The highest BCUT2D eigenvalue weighted by Gasteiger charge is 2.12. The molecule has 0 radical (unpaired) electrons. The van der Waals surface area contributed by atoms with Gasteiger partial charge < -0.3 is 9.47 Å². The number of methoxy groups -OCH3 is 1. The molecule has 126 valence electrons. The first-order chi connectivity index (χ1) is 11.4. The monoisotopic (exact) mass is 347 g/mol. The lowest BCUT2D eigenvalue weighted by molar-refractivity contribution is 0.0600. The molecule has 0 bridgehead atoms. The number of hydrogen-bond donors (Lipinski definition) is 0. The van der Waals surface area contributed by atoms with Crippen molar-refractivity contribution in [3.63, 3.8) is 0 Å². The van der Waals surface area contributed by atoms with Crippen molar-refractivity contribution < 1.29 is 23.3 Å². The Hall–Kier alpha value is -2.67. The number of carbonyl (C=O) groups excluding carboxylic acids is 2. The molecule has 2 aromatic carbocycles. The van der Waals surface area contributed by atoms with Crippen LogP contribution >= 0.6 is 0 Å². The van der Waals surface area contributed by atoms with E-state index in [0.29, 0.717) is 10.5 Å². The molecule has 1 unspecified atom stereocenters. The fraction of sp³-hybridized carbons (Fsp3) is 0.176. The Morgan fingerprint density at radius 2 is 1.67 bits per heavy atom. The van der Waals surface area contributed by atoms with Crippen molar-refractivity contribution in [3.8, 4) is 0 Å². The molecule has 1 atom stereocenters. The molecule has 2 aromatic rings. The molecule has 0 aromatic heterocycles. The summed E-state index contributed by atoms with van der Waals surface area (Å²) in [5.41, 5.74) is 1.13. The van der Waals surface area contributed by atoms with Crippen molar-refractivity contribution in [1.82, 2.24) is 0 Å². The minimum atomic E-state index is -2.96. The maximum absolute atomic E-state index is 12.6. The van der Waals surface area contributed by atoms with Crippen LogP contribution in [0, 0.1) is 0 Å². The van der Waals surface area contributed by atoms with Crippen LogP contribution < -0.4 is 0 Å². The van der Waals surface area contributed by atoms with E-state index in [1.807, 2.05) is 30.3 Å². The third kappa shape index (κ3) is 4.66. The molecule has 0 spiro atoms. The number of amides is 1. The average Bonchev–Trinajstić information content (AvgIpc) is 2.60. The van der Waals surface area contributed by atoms with Crippen LogP contribution in [0.4, 0.5) is 4.79 Å². The summed E-state index contributed by atoms with van der Waals surface area (Å²) in [5.74, 6) is -0.497. The second-order valence-electron chi connectivity index (χ2n) is 4.95. The Kier molecular flexibility index (Phi) is 5.70. The van der Waals surface area contributed by atoms with E-state index in [2.05, 4.69) is 9.10 Å². The van der Waals surface area contributed by atoms with Crippen molar-refractivity contribution in [2.24, 2.45) is 4.36 Å². The van der Waals surface area contributed by atoms with Gasteiger partial charge in [-0.2, -0.15) is 0 Å². The maximum atomic E-state index is 12.6. The van der Waals surface area contributed by atoms with E-state index >= 15 is 0 Å². The van der Waals surface area contributed by atoms with Crippen LogP contribution in [-0.4, -0.2) is 29.6 Å². The van der Waals surface area contributed by atoms with Gasteiger partial charge in [-0.25, -0.2) is 13.8 Å². The van der Waals surface area contributed by atoms with Crippen molar-refractivity contribution in [2.45, 2.75) is 11.5 Å². The average molecular weight is 347 g/mol. The smallest absolute Gasteiger partial charge is 0.442 e. The van der Waals surface area contributed by atoms with Crippen LogP contribution in [-0.2, 0) is 25.8 Å². The van der Waals surface area contributed by atoms with Crippen molar-refractivity contribution in [2.75, 3.05) is 13.4 Å². The summed E-state index contributed by atoms with van der Waals surface area (Å²) in [6.07, 6.45) is 0.438. The second-order valence-corrected chi connectivity index (χ2v) is 7.21. The first-order valence-electron chi connectivity index (χ1n) is 7.03. The highest BCUT2D eigenvalue weighted by Crippen LogP contribution is 2.14. The Labute approximate surface area is 140 Å². The molecule has 0 fully saturated rings. The lowest BCUT2D eigenvalue weighted by atomic mass is 10.2. The third-order valence-corrected chi connectivity index (χ3v) is 4.81. The van der Waals surface area contributed by atoms with E-state index in [-0.39, 0.29) is 6.61 Å². The van der Waals surface area contributed by atoms with Crippen molar-refractivity contribution >= 4 is 21.8 Å². The lowest BCUT2D eigenvalue weighted by Gasteiger charge is -2.06. The van der Waals surface area contributed by atoms with E-state index in [9.17, 15) is 13.8 Å². The van der Waals surface area contributed by atoms with Crippen LogP contribution in [0.2, 0.25) is 0 Å². The molecule has 0 aliphatic carbocycles. The van der Waals surface area contributed by atoms with Crippen LogP contribution in [0.15, 0.2) is 63.9 Å². The largest absolute Gasteiger partial charge is 0.465 e. The Morgan fingerprint density at radius 1 is 1.04 bits per heavy atom. The van der Waals surface area contributed by atoms with Crippen LogP contribution in [0.1, 0.15) is 15.9 Å². The number of benzene rings is 2. The van der Waals surface area contributed by atoms with Gasteiger partial charge in [0.05, 0.1) is 22.4 Å². The number of hydrogen-bond acceptors (Lipinski definition) is 5. The molecule has 0 saturated carbocycles. The molecule has 0 aliphatic heterocycles. The van der Waals surface area contributed by atoms with Gasteiger partial charge in [0.2, 0.25) is 0 Å². The normalized spacial score (nSPS) is 12.8. The van der Waals surface area contributed by atoms with E-state index in [1.54, 1.807) is 0 Å².